The second-order valence-corrected chi connectivity index (χ2v) is 6.62. The van der Waals surface area contributed by atoms with Crippen LogP contribution in [0.4, 0.5) is 13.2 Å². The minimum absolute atomic E-state index is 0.102. The number of rotatable bonds is 2. The second-order valence-electron chi connectivity index (χ2n) is 6.62. The van der Waals surface area contributed by atoms with Crippen LogP contribution in [0.1, 0.15) is 49.7 Å². The first-order valence-electron chi connectivity index (χ1n) is 8.18. The van der Waals surface area contributed by atoms with Gasteiger partial charge in [-0.3, -0.25) is 0 Å². The predicted octanol–water partition coefficient (Wildman–Crippen LogP) is 5.94. The van der Waals surface area contributed by atoms with Crippen molar-refractivity contribution in [1.82, 2.24) is 0 Å². The summed E-state index contributed by atoms with van der Waals surface area (Å²) in [5.41, 5.74) is 0.542. The second kappa shape index (κ2) is 6.68. The number of halogens is 3. The molecule has 2 aromatic rings. The molecule has 1 nitrogen and oxygen atoms in total. The van der Waals surface area contributed by atoms with E-state index in [-0.39, 0.29) is 11.1 Å². The van der Waals surface area contributed by atoms with E-state index in [0.717, 1.165) is 49.3 Å². The summed E-state index contributed by atoms with van der Waals surface area (Å²) < 4.78 is 42.0. The first-order chi connectivity index (χ1) is 11.5. The van der Waals surface area contributed by atoms with Crippen molar-refractivity contribution in [3.05, 3.63) is 58.9 Å². The molecule has 1 fully saturated rings. The lowest BCUT2D eigenvalue weighted by Crippen LogP contribution is -2.11. The molecule has 1 saturated carbocycles. The highest BCUT2D eigenvalue weighted by molar-refractivity contribution is 5.66. The molecule has 4 heteroatoms. The van der Waals surface area contributed by atoms with Crippen molar-refractivity contribution in [2.45, 2.75) is 38.5 Å². The molecule has 1 aliphatic rings. The van der Waals surface area contributed by atoms with Crippen molar-refractivity contribution in [3.8, 4) is 17.2 Å². The van der Waals surface area contributed by atoms with Crippen LogP contribution >= 0.6 is 0 Å². The quantitative estimate of drug-likeness (QED) is 0.669. The first kappa shape index (κ1) is 16.6. The van der Waals surface area contributed by atoms with Gasteiger partial charge in [0.1, 0.15) is 29.1 Å². The zero-order chi connectivity index (χ0) is 17.3. The van der Waals surface area contributed by atoms with Crippen LogP contribution in [0.25, 0.3) is 11.1 Å². The lowest BCUT2D eigenvalue weighted by Gasteiger charge is -2.26. The number of benzene rings is 2. The van der Waals surface area contributed by atoms with Gasteiger partial charge in [0.15, 0.2) is 0 Å². The van der Waals surface area contributed by atoms with Crippen LogP contribution in [-0.2, 0) is 0 Å². The fraction of sp³-hybridized carbons (Fsp3) is 0.350. The van der Waals surface area contributed by atoms with Crippen molar-refractivity contribution in [1.29, 1.82) is 5.26 Å². The Kier molecular flexibility index (Phi) is 4.62. The van der Waals surface area contributed by atoms with Crippen LogP contribution in [0, 0.1) is 34.7 Å². The number of nitrogens with zero attached hydrogens (tertiary/aromatic N) is 1. The molecule has 2 aromatic carbocycles. The molecule has 0 aliphatic heterocycles. The highest BCUT2D eigenvalue weighted by atomic mass is 19.1. The molecular formula is C20H18F3N. The standard InChI is InChI=1S/C20H18F3N/c1-12-2-4-13(5-3-12)14-6-7-16(18(21)8-14)15-9-19(22)17(11-24)20(23)10-15/h6-10,12-13H,2-5H2,1H3. The molecule has 0 radical (unpaired) electrons. The van der Waals surface area contributed by atoms with Crippen LogP contribution in [0.3, 0.4) is 0 Å². The fourth-order valence-corrected chi connectivity index (χ4v) is 3.45. The van der Waals surface area contributed by atoms with Gasteiger partial charge in [0.05, 0.1) is 0 Å². The largest absolute Gasteiger partial charge is 0.206 e. The van der Waals surface area contributed by atoms with Gasteiger partial charge in [-0.1, -0.05) is 31.9 Å². The Hall–Kier alpha value is -2.28. The van der Waals surface area contributed by atoms with Gasteiger partial charge < -0.3 is 0 Å². The van der Waals surface area contributed by atoms with Gasteiger partial charge >= 0.3 is 0 Å². The van der Waals surface area contributed by atoms with Crippen LogP contribution in [0.5, 0.6) is 0 Å². The molecule has 0 amide bonds. The van der Waals surface area contributed by atoms with E-state index in [9.17, 15) is 13.2 Å². The summed E-state index contributed by atoms with van der Waals surface area (Å²) in [6.45, 7) is 2.23. The maximum Gasteiger partial charge on any atom is 0.144 e. The number of hydrogen-bond acceptors (Lipinski definition) is 1. The first-order valence-corrected chi connectivity index (χ1v) is 8.18. The Morgan fingerprint density at radius 3 is 2.08 bits per heavy atom. The average Bonchev–Trinajstić information content (AvgIpc) is 2.55. The summed E-state index contributed by atoms with van der Waals surface area (Å²) in [6.07, 6.45) is 4.36. The Labute approximate surface area is 139 Å². The van der Waals surface area contributed by atoms with Crippen molar-refractivity contribution in [2.24, 2.45) is 5.92 Å². The van der Waals surface area contributed by atoms with Gasteiger partial charge in [0, 0.05) is 5.56 Å². The molecule has 3 rings (SSSR count). The monoisotopic (exact) mass is 329 g/mol. The minimum Gasteiger partial charge on any atom is -0.206 e. The molecular weight excluding hydrogens is 311 g/mol. The smallest absolute Gasteiger partial charge is 0.144 e. The Morgan fingerprint density at radius 2 is 1.54 bits per heavy atom. The van der Waals surface area contributed by atoms with Gasteiger partial charge in [-0.25, -0.2) is 13.2 Å². The van der Waals surface area contributed by atoms with Crippen LogP contribution in [0.15, 0.2) is 30.3 Å². The normalized spacial score (nSPS) is 20.6. The van der Waals surface area contributed by atoms with E-state index in [4.69, 9.17) is 5.26 Å². The third-order valence-electron chi connectivity index (χ3n) is 4.95. The highest BCUT2D eigenvalue weighted by Crippen LogP contribution is 2.37. The minimum atomic E-state index is -0.975. The number of hydrogen-bond donors (Lipinski definition) is 0. The Balaban J connectivity index is 1.92. The molecule has 0 unspecified atom stereocenters. The van der Waals surface area contributed by atoms with Gasteiger partial charge in [-0.05, 0) is 54.0 Å². The molecule has 124 valence electrons. The molecule has 0 heterocycles. The molecule has 1 aliphatic carbocycles. The van der Waals surface area contributed by atoms with Gasteiger partial charge in [-0.2, -0.15) is 5.26 Å². The Morgan fingerprint density at radius 1 is 0.917 bits per heavy atom. The topological polar surface area (TPSA) is 23.8 Å². The third kappa shape index (κ3) is 3.17. The predicted molar refractivity (Wildman–Crippen MR) is 86.8 cm³/mol. The lowest BCUT2D eigenvalue weighted by atomic mass is 9.79. The fourth-order valence-electron chi connectivity index (χ4n) is 3.45. The maximum atomic E-state index is 14.5. The zero-order valence-corrected chi connectivity index (χ0v) is 13.5. The summed E-state index contributed by atoms with van der Waals surface area (Å²) in [4.78, 5) is 0. The zero-order valence-electron chi connectivity index (χ0n) is 13.5. The van der Waals surface area contributed by atoms with Gasteiger partial charge in [0.25, 0.3) is 0 Å². The van der Waals surface area contributed by atoms with Crippen LogP contribution in [0.2, 0.25) is 0 Å². The summed E-state index contributed by atoms with van der Waals surface area (Å²) in [7, 11) is 0. The van der Waals surface area contributed by atoms with Gasteiger partial charge in [0.2, 0.25) is 0 Å². The summed E-state index contributed by atoms with van der Waals surface area (Å²) in [6, 6.07) is 8.36. The molecule has 0 aromatic heterocycles. The maximum absolute atomic E-state index is 14.5. The van der Waals surface area contributed by atoms with Gasteiger partial charge in [-0.15, -0.1) is 0 Å². The molecule has 0 N–H and O–H groups in total. The molecule has 24 heavy (non-hydrogen) atoms. The average molecular weight is 329 g/mol. The summed E-state index contributed by atoms with van der Waals surface area (Å²) in [5.74, 6) is -1.38. The third-order valence-corrected chi connectivity index (χ3v) is 4.95. The molecule has 0 spiro atoms. The van der Waals surface area contributed by atoms with E-state index in [1.807, 2.05) is 6.07 Å². The van der Waals surface area contributed by atoms with E-state index in [2.05, 4.69) is 6.92 Å². The van der Waals surface area contributed by atoms with E-state index < -0.39 is 23.0 Å². The van der Waals surface area contributed by atoms with E-state index >= 15 is 0 Å². The molecule has 0 atom stereocenters. The lowest BCUT2D eigenvalue weighted by molar-refractivity contribution is 0.347. The molecule has 0 saturated heterocycles. The summed E-state index contributed by atoms with van der Waals surface area (Å²) >= 11 is 0. The van der Waals surface area contributed by atoms with Crippen molar-refractivity contribution in [3.63, 3.8) is 0 Å². The SMILES string of the molecule is CC1CCC(c2ccc(-c3cc(F)c(C#N)c(F)c3)c(F)c2)CC1. The van der Waals surface area contributed by atoms with E-state index in [1.54, 1.807) is 6.07 Å². The molecule has 0 bridgehead atoms. The van der Waals surface area contributed by atoms with E-state index in [1.165, 1.54) is 12.1 Å². The van der Waals surface area contributed by atoms with Crippen molar-refractivity contribution < 1.29 is 13.2 Å². The van der Waals surface area contributed by atoms with Crippen LogP contribution < -0.4 is 0 Å². The van der Waals surface area contributed by atoms with Crippen molar-refractivity contribution >= 4 is 0 Å². The number of nitriles is 1. The van der Waals surface area contributed by atoms with E-state index in [0.29, 0.717) is 5.92 Å². The summed E-state index contributed by atoms with van der Waals surface area (Å²) in [5, 5.41) is 8.71. The van der Waals surface area contributed by atoms with Crippen LogP contribution in [-0.4, -0.2) is 0 Å². The Bertz CT molecular complexity index is 776. The van der Waals surface area contributed by atoms with Crippen molar-refractivity contribution in [2.75, 3.05) is 0 Å². The highest BCUT2D eigenvalue weighted by Gasteiger charge is 2.21.